The predicted octanol–water partition coefficient (Wildman–Crippen LogP) is 3.78. The molecule has 2 rings (SSSR count). The van der Waals surface area contributed by atoms with Crippen molar-refractivity contribution >= 4 is 5.97 Å². The summed E-state index contributed by atoms with van der Waals surface area (Å²) in [6, 6.07) is 4.23. The van der Waals surface area contributed by atoms with Gasteiger partial charge < -0.3 is 9.52 Å². The van der Waals surface area contributed by atoms with Gasteiger partial charge in [0.1, 0.15) is 11.5 Å². The number of hydrogen-bond donors (Lipinski definition) is 1. The number of oxazole rings is 1. The first-order chi connectivity index (χ1) is 9.20. The van der Waals surface area contributed by atoms with Crippen LogP contribution in [0, 0.1) is 12.7 Å². The molecule has 20 heavy (non-hydrogen) atoms. The average Bonchev–Trinajstić information content (AvgIpc) is 2.77. The van der Waals surface area contributed by atoms with Crippen LogP contribution in [0.2, 0.25) is 0 Å². The Balaban J connectivity index is 2.65. The Morgan fingerprint density at radius 3 is 2.50 bits per heavy atom. The van der Waals surface area contributed by atoms with Crippen molar-refractivity contribution in [1.29, 1.82) is 0 Å². The Morgan fingerprint density at radius 1 is 1.35 bits per heavy atom. The molecule has 4 nitrogen and oxygen atoms in total. The molecule has 0 spiro atoms. The standard InChI is InChI=1S/C15H16FNO3/c1-8-5-6-9(16)7-10(8)13-17-12(15(2,3)4)11(20-13)14(18)19/h5-7H,1-4H3,(H,18,19). The van der Waals surface area contributed by atoms with E-state index in [4.69, 9.17) is 4.42 Å². The van der Waals surface area contributed by atoms with Gasteiger partial charge in [0.15, 0.2) is 0 Å². The van der Waals surface area contributed by atoms with Crippen molar-refractivity contribution in [2.45, 2.75) is 33.1 Å². The number of aryl methyl sites for hydroxylation is 1. The molecule has 0 aliphatic carbocycles. The van der Waals surface area contributed by atoms with Crippen molar-refractivity contribution in [3.63, 3.8) is 0 Å². The van der Waals surface area contributed by atoms with Gasteiger partial charge in [-0.25, -0.2) is 14.2 Å². The summed E-state index contributed by atoms with van der Waals surface area (Å²) in [4.78, 5) is 15.5. The van der Waals surface area contributed by atoms with E-state index in [9.17, 15) is 14.3 Å². The molecule has 0 bridgehead atoms. The molecule has 1 heterocycles. The Labute approximate surface area is 116 Å². The molecule has 0 radical (unpaired) electrons. The Bertz CT molecular complexity index is 668. The molecule has 0 aliphatic heterocycles. The summed E-state index contributed by atoms with van der Waals surface area (Å²) in [6.45, 7) is 7.33. The minimum atomic E-state index is -1.18. The largest absolute Gasteiger partial charge is 0.475 e. The van der Waals surface area contributed by atoms with E-state index in [2.05, 4.69) is 4.98 Å². The fraction of sp³-hybridized carbons (Fsp3) is 0.333. The van der Waals surface area contributed by atoms with Gasteiger partial charge in [-0.15, -0.1) is 0 Å². The topological polar surface area (TPSA) is 63.3 Å². The van der Waals surface area contributed by atoms with Crippen LogP contribution in [0.25, 0.3) is 11.5 Å². The molecule has 0 saturated carbocycles. The number of hydrogen-bond acceptors (Lipinski definition) is 3. The second-order valence-corrected chi connectivity index (χ2v) is 5.71. The number of nitrogens with zero attached hydrogens (tertiary/aromatic N) is 1. The third-order valence-corrected chi connectivity index (χ3v) is 2.96. The molecule has 0 saturated heterocycles. The zero-order valence-electron chi connectivity index (χ0n) is 11.8. The van der Waals surface area contributed by atoms with Crippen LogP contribution in [0.1, 0.15) is 42.6 Å². The van der Waals surface area contributed by atoms with E-state index in [0.717, 1.165) is 5.56 Å². The van der Waals surface area contributed by atoms with E-state index in [-0.39, 0.29) is 11.7 Å². The Morgan fingerprint density at radius 2 is 2.00 bits per heavy atom. The lowest BCUT2D eigenvalue weighted by Gasteiger charge is -2.14. The fourth-order valence-electron chi connectivity index (χ4n) is 1.91. The third-order valence-electron chi connectivity index (χ3n) is 2.96. The number of benzene rings is 1. The molecule has 1 aromatic heterocycles. The zero-order chi connectivity index (χ0) is 15.1. The summed E-state index contributed by atoms with van der Waals surface area (Å²) >= 11 is 0. The SMILES string of the molecule is Cc1ccc(F)cc1-c1nc(C(C)(C)C)c(C(=O)O)o1. The van der Waals surface area contributed by atoms with Crippen LogP contribution >= 0.6 is 0 Å². The highest BCUT2D eigenvalue weighted by Crippen LogP contribution is 2.31. The summed E-state index contributed by atoms with van der Waals surface area (Å²) in [7, 11) is 0. The molecule has 0 unspecified atom stereocenters. The zero-order valence-corrected chi connectivity index (χ0v) is 11.8. The lowest BCUT2D eigenvalue weighted by atomic mass is 9.91. The third kappa shape index (κ3) is 2.57. The fourth-order valence-corrected chi connectivity index (χ4v) is 1.91. The van der Waals surface area contributed by atoms with E-state index >= 15 is 0 Å². The molecule has 0 fully saturated rings. The van der Waals surface area contributed by atoms with Crippen molar-refractivity contribution in [3.8, 4) is 11.5 Å². The minimum Gasteiger partial charge on any atom is -0.475 e. The van der Waals surface area contributed by atoms with Crippen LogP contribution < -0.4 is 0 Å². The van der Waals surface area contributed by atoms with Crippen LogP contribution in [-0.2, 0) is 5.41 Å². The molecule has 0 atom stereocenters. The van der Waals surface area contributed by atoms with Crippen LogP contribution in [0.5, 0.6) is 0 Å². The summed E-state index contributed by atoms with van der Waals surface area (Å²) < 4.78 is 18.7. The quantitative estimate of drug-likeness (QED) is 0.907. The lowest BCUT2D eigenvalue weighted by Crippen LogP contribution is -2.16. The summed E-state index contributed by atoms with van der Waals surface area (Å²) in [6.07, 6.45) is 0. The molecule has 1 aromatic carbocycles. The molecular weight excluding hydrogens is 261 g/mol. The maximum Gasteiger partial charge on any atom is 0.373 e. The van der Waals surface area contributed by atoms with Gasteiger partial charge in [0.2, 0.25) is 11.7 Å². The molecule has 106 valence electrons. The predicted molar refractivity (Wildman–Crippen MR) is 72.3 cm³/mol. The van der Waals surface area contributed by atoms with E-state index in [1.165, 1.54) is 12.1 Å². The number of rotatable bonds is 2. The van der Waals surface area contributed by atoms with Crippen molar-refractivity contribution in [1.82, 2.24) is 4.98 Å². The van der Waals surface area contributed by atoms with Crippen molar-refractivity contribution < 1.29 is 18.7 Å². The molecule has 5 heteroatoms. The van der Waals surface area contributed by atoms with E-state index in [1.54, 1.807) is 13.0 Å². The van der Waals surface area contributed by atoms with E-state index < -0.39 is 17.2 Å². The van der Waals surface area contributed by atoms with Gasteiger partial charge in [-0.1, -0.05) is 26.8 Å². The number of halogens is 1. The van der Waals surface area contributed by atoms with Crippen molar-refractivity contribution in [2.75, 3.05) is 0 Å². The first-order valence-electron chi connectivity index (χ1n) is 6.21. The van der Waals surface area contributed by atoms with Gasteiger partial charge in [0, 0.05) is 11.0 Å². The van der Waals surface area contributed by atoms with Crippen LogP contribution in [0.15, 0.2) is 22.6 Å². The van der Waals surface area contributed by atoms with Crippen LogP contribution in [0.3, 0.4) is 0 Å². The van der Waals surface area contributed by atoms with Gasteiger partial charge in [0.25, 0.3) is 0 Å². The Hall–Kier alpha value is -2.17. The normalized spacial score (nSPS) is 11.7. The molecule has 0 aliphatic rings. The molecule has 1 N–H and O–H groups in total. The van der Waals surface area contributed by atoms with E-state index in [0.29, 0.717) is 11.3 Å². The first kappa shape index (κ1) is 14.2. The van der Waals surface area contributed by atoms with Crippen molar-refractivity contribution in [2.24, 2.45) is 0 Å². The second-order valence-electron chi connectivity index (χ2n) is 5.71. The van der Waals surface area contributed by atoms with Gasteiger partial charge in [-0.2, -0.15) is 0 Å². The van der Waals surface area contributed by atoms with Crippen LogP contribution in [-0.4, -0.2) is 16.1 Å². The lowest BCUT2D eigenvalue weighted by molar-refractivity contribution is 0.0659. The number of aromatic carboxylic acids is 1. The summed E-state index contributed by atoms with van der Waals surface area (Å²) in [5.74, 6) is -1.67. The highest BCUT2D eigenvalue weighted by molar-refractivity contribution is 5.86. The number of carboxylic acids is 1. The highest BCUT2D eigenvalue weighted by atomic mass is 19.1. The first-order valence-corrected chi connectivity index (χ1v) is 6.21. The summed E-state index contributed by atoms with van der Waals surface area (Å²) in [5.41, 5.74) is 1.10. The maximum atomic E-state index is 13.3. The van der Waals surface area contributed by atoms with Crippen LogP contribution in [0.4, 0.5) is 4.39 Å². The number of carbonyl (C=O) groups is 1. The summed E-state index contributed by atoms with van der Waals surface area (Å²) in [5, 5.41) is 9.21. The van der Waals surface area contributed by atoms with Gasteiger partial charge in [0.05, 0.1) is 0 Å². The van der Waals surface area contributed by atoms with Crippen molar-refractivity contribution in [3.05, 3.63) is 41.0 Å². The van der Waals surface area contributed by atoms with Gasteiger partial charge in [-0.3, -0.25) is 0 Å². The molecule has 2 aromatic rings. The highest BCUT2D eigenvalue weighted by Gasteiger charge is 2.29. The number of aromatic nitrogens is 1. The smallest absolute Gasteiger partial charge is 0.373 e. The van der Waals surface area contributed by atoms with Gasteiger partial charge in [-0.05, 0) is 24.6 Å². The molecular formula is C15H16FNO3. The van der Waals surface area contributed by atoms with E-state index in [1.807, 2.05) is 20.8 Å². The molecule has 0 amide bonds. The Kier molecular flexibility index (Phi) is 3.38. The maximum absolute atomic E-state index is 13.3. The average molecular weight is 277 g/mol. The minimum absolute atomic E-state index is 0.129. The second kappa shape index (κ2) is 4.74. The monoisotopic (exact) mass is 277 g/mol. The number of carboxylic acid groups (broad SMARTS) is 1. The van der Waals surface area contributed by atoms with Gasteiger partial charge >= 0.3 is 5.97 Å².